The van der Waals surface area contributed by atoms with Gasteiger partial charge >= 0.3 is 0 Å². The van der Waals surface area contributed by atoms with Crippen molar-refractivity contribution in [2.75, 3.05) is 16.8 Å². The Labute approximate surface area is 241 Å². The summed E-state index contributed by atoms with van der Waals surface area (Å²) in [5.41, 5.74) is 16.9. The molecule has 5 N–H and O–H groups in total. The molecule has 1 amide bonds. The van der Waals surface area contributed by atoms with E-state index in [0.717, 1.165) is 22.3 Å². The number of hydrogen-bond donors (Lipinski definition) is 3. The molecule has 0 unspecified atom stereocenters. The normalized spacial score (nSPS) is 14.0. The predicted molar refractivity (Wildman–Crippen MR) is 165 cm³/mol. The van der Waals surface area contributed by atoms with E-state index < -0.39 is 5.41 Å². The molecule has 2 heterocycles. The van der Waals surface area contributed by atoms with E-state index in [0.29, 0.717) is 34.1 Å². The lowest BCUT2D eigenvalue weighted by atomic mass is 9.70. The lowest BCUT2D eigenvalue weighted by Gasteiger charge is -2.38. The van der Waals surface area contributed by atoms with E-state index in [-0.39, 0.29) is 28.6 Å². The van der Waals surface area contributed by atoms with Crippen LogP contribution in [0.25, 0.3) is 11.4 Å². The third-order valence-electron chi connectivity index (χ3n) is 7.65. The Morgan fingerprint density at radius 1 is 0.780 bits per heavy atom. The minimum absolute atomic E-state index is 0.0237. The summed E-state index contributed by atoms with van der Waals surface area (Å²) in [6.45, 7) is 17.2. The number of carbonyl (C=O) groups is 1. The molecule has 0 atom stereocenters. The summed E-state index contributed by atoms with van der Waals surface area (Å²) >= 11 is 0. The zero-order valence-electron chi connectivity index (χ0n) is 25.0. The summed E-state index contributed by atoms with van der Waals surface area (Å²) in [6, 6.07) is 17.7. The molecular formula is C33H38N6O2. The van der Waals surface area contributed by atoms with Gasteiger partial charge in [0.25, 0.3) is 5.91 Å². The zero-order valence-corrected chi connectivity index (χ0v) is 25.0. The number of nitrogens with two attached hydrogens (primary N) is 2. The molecule has 3 aromatic carbocycles. The van der Waals surface area contributed by atoms with Crippen LogP contribution in [0.15, 0.2) is 54.6 Å². The second-order valence-corrected chi connectivity index (χ2v) is 13.2. The molecule has 0 saturated carbocycles. The molecule has 0 aliphatic carbocycles. The van der Waals surface area contributed by atoms with Crippen molar-refractivity contribution in [2.45, 2.75) is 71.6 Å². The Morgan fingerprint density at radius 2 is 1.32 bits per heavy atom. The lowest BCUT2D eigenvalue weighted by molar-refractivity contribution is 0.102. The number of anilines is 3. The number of rotatable bonds is 3. The van der Waals surface area contributed by atoms with Gasteiger partial charge in [-0.05, 0) is 46.2 Å². The van der Waals surface area contributed by atoms with Crippen LogP contribution in [-0.2, 0) is 16.2 Å². The molecule has 0 spiro atoms. The maximum Gasteiger partial charge on any atom is 0.259 e. The highest BCUT2D eigenvalue weighted by molar-refractivity contribution is 6.07. The summed E-state index contributed by atoms with van der Waals surface area (Å²) in [5, 5.41) is 3.04. The highest BCUT2D eigenvalue weighted by Gasteiger charge is 2.40. The number of aromatic nitrogens is 3. The van der Waals surface area contributed by atoms with E-state index in [9.17, 15) is 4.79 Å². The van der Waals surface area contributed by atoms with E-state index in [4.69, 9.17) is 16.2 Å². The van der Waals surface area contributed by atoms with E-state index in [1.807, 2.05) is 42.5 Å². The largest absolute Gasteiger partial charge is 0.455 e. The van der Waals surface area contributed by atoms with Crippen LogP contribution in [0, 0.1) is 0 Å². The number of benzene rings is 3. The van der Waals surface area contributed by atoms with Crippen LogP contribution in [-0.4, -0.2) is 20.9 Å². The van der Waals surface area contributed by atoms with Gasteiger partial charge in [-0.1, -0.05) is 85.7 Å². The number of ether oxygens (including phenoxy) is 1. The van der Waals surface area contributed by atoms with Crippen molar-refractivity contribution in [3.05, 3.63) is 82.4 Å². The first-order chi connectivity index (χ1) is 19.1. The first-order valence-corrected chi connectivity index (χ1v) is 13.8. The van der Waals surface area contributed by atoms with Gasteiger partial charge in [-0.2, -0.15) is 15.0 Å². The first-order valence-electron chi connectivity index (χ1n) is 13.8. The average Bonchev–Trinajstić information content (AvgIpc) is 2.86. The number of hydrogen-bond acceptors (Lipinski definition) is 7. The maximum absolute atomic E-state index is 13.9. The highest BCUT2D eigenvalue weighted by Crippen LogP contribution is 2.54. The van der Waals surface area contributed by atoms with Crippen molar-refractivity contribution in [3.8, 4) is 22.9 Å². The van der Waals surface area contributed by atoms with Crippen molar-refractivity contribution < 1.29 is 9.53 Å². The van der Waals surface area contributed by atoms with Crippen LogP contribution in [0.1, 0.15) is 88.0 Å². The van der Waals surface area contributed by atoms with Crippen LogP contribution in [0.2, 0.25) is 0 Å². The number of nitrogen functional groups attached to an aromatic ring is 2. The molecule has 41 heavy (non-hydrogen) atoms. The molecular weight excluding hydrogens is 512 g/mol. The van der Waals surface area contributed by atoms with Gasteiger partial charge < -0.3 is 21.5 Å². The molecule has 0 saturated heterocycles. The van der Waals surface area contributed by atoms with Gasteiger partial charge in [0.05, 0.1) is 11.1 Å². The third-order valence-corrected chi connectivity index (χ3v) is 7.65. The molecule has 0 bridgehead atoms. The van der Waals surface area contributed by atoms with Crippen molar-refractivity contribution in [2.24, 2.45) is 0 Å². The van der Waals surface area contributed by atoms with E-state index >= 15 is 0 Å². The molecule has 4 aromatic rings. The second kappa shape index (κ2) is 9.58. The summed E-state index contributed by atoms with van der Waals surface area (Å²) in [5.74, 6) is 1.19. The predicted octanol–water partition coefficient (Wildman–Crippen LogP) is 6.98. The first kappa shape index (κ1) is 28.1. The monoisotopic (exact) mass is 550 g/mol. The van der Waals surface area contributed by atoms with E-state index in [2.05, 4.69) is 87.8 Å². The van der Waals surface area contributed by atoms with Gasteiger partial charge in [0.2, 0.25) is 11.9 Å². The van der Waals surface area contributed by atoms with Gasteiger partial charge in [-0.3, -0.25) is 4.79 Å². The average molecular weight is 551 g/mol. The quantitative estimate of drug-likeness (QED) is 0.251. The van der Waals surface area contributed by atoms with Gasteiger partial charge in [-0.25, -0.2) is 0 Å². The zero-order chi connectivity index (χ0) is 29.9. The number of nitrogens with zero attached hydrogens (tertiary/aromatic N) is 3. The van der Waals surface area contributed by atoms with Crippen molar-refractivity contribution in [1.82, 2.24) is 15.0 Å². The fourth-order valence-corrected chi connectivity index (χ4v) is 5.10. The molecule has 0 radical (unpaired) electrons. The molecule has 1 aliphatic rings. The Kier molecular flexibility index (Phi) is 6.56. The minimum Gasteiger partial charge on any atom is -0.455 e. The SMILES string of the molecule is CC(C)(C)c1cc(C(=O)Nc2ccccc2)c2c(c1)C(C)(C)c1cc(C(C)(C)C)cc(-c3nc(N)nc(N)n3)c1O2. The molecule has 0 fully saturated rings. The van der Waals surface area contributed by atoms with Gasteiger partial charge in [0.15, 0.2) is 5.82 Å². The fraction of sp³-hybridized carbons (Fsp3) is 0.333. The number of amides is 1. The Balaban J connectivity index is 1.79. The second-order valence-electron chi connectivity index (χ2n) is 13.2. The Morgan fingerprint density at radius 3 is 1.88 bits per heavy atom. The summed E-state index contributed by atoms with van der Waals surface area (Å²) in [6.07, 6.45) is 0. The third kappa shape index (κ3) is 5.22. The van der Waals surface area contributed by atoms with E-state index in [1.165, 1.54) is 0 Å². The maximum atomic E-state index is 13.9. The van der Waals surface area contributed by atoms with Crippen LogP contribution in [0.3, 0.4) is 0 Å². The van der Waals surface area contributed by atoms with Gasteiger partial charge in [0, 0.05) is 22.2 Å². The summed E-state index contributed by atoms with van der Waals surface area (Å²) < 4.78 is 6.76. The number of nitrogens with one attached hydrogen (secondary N) is 1. The topological polar surface area (TPSA) is 129 Å². The minimum atomic E-state index is -0.536. The summed E-state index contributed by atoms with van der Waals surface area (Å²) in [7, 11) is 0. The van der Waals surface area contributed by atoms with Crippen molar-refractivity contribution in [1.29, 1.82) is 0 Å². The fourth-order valence-electron chi connectivity index (χ4n) is 5.10. The molecule has 8 heteroatoms. The lowest BCUT2D eigenvalue weighted by Crippen LogP contribution is -2.29. The number of para-hydroxylation sites is 1. The van der Waals surface area contributed by atoms with Crippen LogP contribution >= 0.6 is 0 Å². The molecule has 1 aromatic heterocycles. The highest BCUT2D eigenvalue weighted by atomic mass is 16.5. The molecule has 8 nitrogen and oxygen atoms in total. The van der Waals surface area contributed by atoms with Crippen molar-refractivity contribution >= 4 is 23.5 Å². The summed E-state index contributed by atoms with van der Waals surface area (Å²) in [4.78, 5) is 26.6. The molecule has 5 rings (SSSR count). The number of carbonyl (C=O) groups excluding carboxylic acids is 1. The van der Waals surface area contributed by atoms with Crippen molar-refractivity contribution in [3.63, 3.8) is 0 Å². The van der Waals surface area contributed by atoms with Gasteiger partial charge in [-0.15, -0.1) is 0 Å². The molecule has 1 aliphatic heterocycles. The molecule has 212 valence electrons. The smallest absolute Gasteiger partial charge is 0.259 e. The van der Waals surface area contributed by atoms with Crippen LogP contribution in [0.5, 0.6) is 11.5 Å². The Bertz CT molecular complexity index is 1640. The standard InChI is InChI=1S/C33H38N6O2/c1-31(2,3)18-14-21(27-37-29(34)39-30(35)38-27)25-23(16-18)33(7,8)24-17-19(32(4,5)6)15-22(26(24)41-25)28(40)36-20-12-10-9-11-13-20/h9-17H,1-8H3,(H,36,40)(H4,34,35,37,38,39). The van der Waals surface area contributed by atoms with Gasteiger partial charge in [0.1, 0.15) is 11.5 Å². The van der Waals surface area contributed by atoms with Crippen LogP contribution < -0.4 is 21.5 Å². The van der Waals surface area contributed by atoms with E-state index in [1.54, 1.807) is 0 Å². The number of fused-ring (bicyclic) bond motifs is 2. The van der Waals surface area contributed by atoms with Crippen LogP contribution in [0.4, 0.5) is 17.6 Å². The Hall–Kier alpha value is -4.46.